The summed E-state index contributed by atoms with van der Waals surface area (Å²) in [5.74, 6) is 0. The average Bonchev–Trinajstić information content (AvgIpc) is 2.90. The van der Waals surface area contributed by atoms with E-state index in [0.717, 1.165) is 5.56 Å². The van der Waals surface area contributed by atoms with Crippen molar-refractivity contribution in [3.8, 4) is 0 Å². The van der Waals surface area contributed by atoms with Gasteiger partial charge in [-0.15, -0.1) is 0 Å². The molecule has 5 nitrogen and oxygen atoms in total. The van der Waals surface area contributed by atoms with Gasteiger partial charge in [-0.05, 0) is 23.1 Å². The first-order valence-electron chi connectivity index (χ1n) is 7.01. The maximum Gasteiger partial charge on any atom is 0.242 e. The van der Waals surface area contributed by atoms with E-state index in [4.69, 9.17) is 9.47 Å². The van der Waals surface area contributed by atoms with Crippen LogP contribution < -0.4 is 0 Å². The number of benzene rings is 1. The molecule has 0 atom stereocenters. The highest BCUT2D eigenvalue weighted by molar-refractivity contribution is 7.89. The summed E-state index contributed by atoms with van der Waals surface area (Å²) >= 11 is 0. The van der Waals surface area contributed by atoms with E-state index in [0.29, 0.717) is 13.2 Å². The minimum atomic E-state index is -3.52. The van der Waals surface area contributed by atoms with Gasteiger partial charge in [0.1, 0.15) is 0 Å². The lowest BCUT2D eigenvalue weighted by Crippen LogP contribution is -2.34. The number of hydrogen-bond acceptors (Lipinski definition) is 4. The largest absolute Gasteiger partial charge is 0.349 e. The van der Waals surface area contributed by atoms with Gasteiger partial charge in [-0.25, -0.2) is 8.42 Å². The van der Waals surface area contributed by atoms with E-state index in [1.165, 1.54) is 11.4 Å². The topological polar surface area (TPSA) is 55.8 Å². The van der Waals surface area contributed by atoms with Crippen molar-refractivity contribution in [2.75, 3.05) is 26.8 Å². The van der Waals surface area contributed by atoms with Gasteiger partial charge in [0.05, 0.1) is 24.7 Å². The minimum absolute atomic E-state index is 0.000277. The molecule has 1 heterocycles. The van der Waals surface area contributed by atoms with E-state index in [1.54, 1.807) is 12.1 Å². The zero-order chi connectivity index (χ0) is 15.7. The summed E-state index contributed by atoms with van der Waals surface area (Å²) in [6, 6.07) is 7.04. The van der Waals surface area contributed by atoms with Crippen LogP contribution in [-0.4, -0.2) is 45.8 Å². The van der Waals surface area contributed by atoms with E-state index in [-0.39, 0.29) is 16.9 Å². The summed E-state index contributed by atoms with van der Waals surface area (Å²) in [4.78, 5) is 0.288. The van der Waals surface area contributed by atoms with Gasteiger partial charge in [0.15, 0.2) is 6.29 Å². The third kappa shape index (κ3) is 3.83. The quantitative estimate of drug-likeness (QED) is 0.853. The van der Waals surface area contributed by atoms with Gasteiger partial charge in [-0.3, -0.25) is 0 Å². The number of likely N-dealkylation sites (N-methyl/N-ethyl adjacent to an activating group) is 1. The summed E-state index contributed by atoms with van der Waals surface area (Å²) in [6.07, 6.45) is -0.473. The Morgan fingerprint density at radius 2 is 1.67 bits per heavy atom. The Kier molecular flexibility index (Phi) is 4.72. The van der Waals surface area contributed by atoms with Gasteiger partial charge < -0.3 is 9.47 Å². The molecular formula is C15H23NO4S. The molecule has 6 heteroatoms. The smallest absolute Gasteiger partial charge is 0.242 e. The Bertz CT molecular complexity index is 569. The summed E-state index contributed by atoms with van der Waals surface area (Å²) in [5, 5.41) is 0. The Morgan fingerprint density at radius 3 is 2.14 bits per heavy atom. The lowest BCUT2D eigenvalue weighted by atomic mass is 9.87. The fraction of sp³-hybridized carbons (Fsp3) is 0.600. The normalized spacial score (nSPS) is 17.6. The van der Waals surface area contributed by atoms with Crippen molar-refractivity contribution in [2.45, 2.75) is 37.4 Å². The summed E-state index contributed by atoms with van der Waals surface area (Å²) in [6.45, 7) is 7.51. The molecular weight excluding hydrogens is 290 g/mol. The van der Waals surface area contributed by atoms with Gasteiger partial charge in [0, 0.05) is 7.05 Å². The SMILES string of the molecule is CN(CC1OCCO1)S(=O)(=O)c1ccc(C(C)(C)C)cc1. The second-order valence-corrected chi connectivity index (χ2v) is 8.28. The third-order valence-electron chi connectivity index (χ3n) is 3.53. The van der Waals surface area contributed by atoms with Crippen molar-refractivity contribution in [3.63, 3.8) is 0 Å². The monoisotopic (exact) mass is 313 g/mol. The third-order valence-corrected chi connectivity index (χ3v) is 5.36. The molecule has 1 aromatic carbocycles. The van der Waals surface area contributed by atoms with Gasteiger partial charge >= 0.3 is 0 Å². The molecule has 0 aliphatic carbocycles. The molecule has 0 unspecified atom stereocenters. The second kappa shape index (κ2) is 6.04. The van der Waals surface area contributed by atoms with Crippen LogP contribution in [0.5, 0.6) is 0 Å². The maximum absolute atomic E-state index is 12.5. The molecule has 1 saturated heterocycles. The number of nitrogens with zero attached hydrogens (tertiary/aromatic N) is 1. The highest BCUT2D eigenvalue weighted by Gasteiger charge is 2.27. The first kappa shape index (κ1) is 16.4. The molecule has 0 N–H and O–H groups in total. The highest BCUT2D eigenvalue weighted by atomic mass is 32.2. The van der Waals surface area contributed by atoms with E-state index in [1.807, 2.05) is 12.1 Å². The lowest BCUT2D eigenvalue weighted by Gasteiger charge is -2.22. The van der Waals surface area contributed by atoms with Crippen LogP contribution in [0.25, 0.3) is 0 Å². The molecule has 0 spiro atoms. The zero-order valence-corrected chi connectivity index (χ0v) is 13.8. The molecule has 1 aromatic rings. The molecule has 1 aliphatic heterocycles. The van der Waals surface area contributed by atoms with Crippen LogP contribution in [0.1, 0.15) is 26.3 Å². The maximum atomic E-state index is 12.5. The Morgan fingerprint density at radius 1 is 1.14 bits per heavy atom. The van der Waals surface area contributed by atoms with Crippen LogP contribution >= 0.6 is 0 Å². The van der Waals surface area contributed by atoms with Crippen LogP contribution in [0.4, 0.5) is 0 Å². The molecule has 1 aliphatic rings. The van der Waals surface area contributed by atoms with Crippen LogP contribution in [0.3, 0.4) is 0 Å². The van der Waals surface area contributed by atoms with E-state index in [9.17, 15) is 8.42 Å². The van der Waals surface area contributed by atoms with Crippen molar-refractivity contribution in [3.05, 3.63) is 29.8 Å². The van der Waals surface area contributed by atoms with Crippen molar-refractivity contribution in [1.29, 1.82) is 0 Å². The van der Waals surface area contributed by atoms with Crippen molar-refractivity contribution < 1.29 is 17.9 Å². The van der Waals surface area contributed by atoms with Crippen molar-refractivity contribution in [2.24, 2.45) is 0 Å². The van der Waals surface area contributed by atoms with Crippen LogP contribution in [-0.2, 0) is 24.9 Å². The predicted molar refractivity (Wildman–Crippen MR) is 80.6 cm³/mol. The van der Waals surface area contributed by atoms with Crippen LogP contribution in [0.2, 0.25) is 0 Å². The first-order valence-corrected chi connectivity index (χ1v) is 8.45. The lowest BCUT2D eigenvalue weighted by molar-refractivity contribution is -0.0482. The Hall–Kier alpha value is -0.950. The zero-order valence-electron chi connectivity index (χ0n) is 13.0. The van der Waals surface area contributed by atoms with E-state index in [2.05, 4.69) is 20.8 Å². The predicted octanol–water partition coefficient (Wildman–Crippen LogP) is 1.98. The number of hydrogen-bond donors (Lipinski definition) is 0. The first-order chi connectivity index (χ1) is 9.71. The fourth-order valence-corrected chi connectivity index (χ4v) is 3.29. The molecule has 0 radical (unpaired) electrons. The molecule has 1 fully saturated rings. The van der Waals surface area contributed by atoms with E-state index >= 15 is 0 Å². The molecule has 0 amide bonds. The number of sulfonamides is 1. The minimum Gasteiger partial charge on any atom is -0.349 e. The molecule has 0 aromatic heterocycles. The van der Waals surface area contributed by atoms with Crippen LogP contribution in [0.15, 0.2) is 29.2 Å². The fourth-order valence-electron chi connectivity index (χ4n) is 2.13. The van der Waals surface area contributed by atoms with Crippen LogP contribution in [0, 0.1) is 0 Å². The van der Waals surface area contributed by atoms with Crippen molar-refractivity contribution >= 4 is 10.0 Å². The summed E-state index contributed by atoms with van der Waals surface area (Å²) in [5.41, 5.74) is 1.10. The van der Waals surface area contributed by atoms with Gasteiger partial charge in [-0.1, -0.05) is 32.9 Å². The van der Waals surface area contributed by atoms with Gasteiger partial charge in [-0.2, -0.15) is 4.31 Å². The molecule has 0 saturated carbocycles. The highest BCUT2D eigenvalue weighted by Crippen LogP contribution is 2.24. The van der Waals surface area contributed by atoms with E-state index < -0.39 is 16.3 Å². The summed E-state index contributed by atoms with van der Waals surface area (Å²) in [7, 11) is -1.98. The molecule has 0 bridgehead atoms. The molecule has 21 heavy (non-hydrogen) atoms. The standard InChI is InChI=1S/C15H23NO4S/c1-15(2,3)12-5-7-13(8-6-12)21(17,18)16(4)11-14-19-9-10-20-14/h5-8,14H,9-11H2,1-4H3. The second-order valence-electron chi connectivity index (χ2n) is 6.23. The molecule has 118 valence electrons. The Labute approximate surface area is 126 Å². The molecule has 2 rings (SSSR count). The van der Waals surface area contributed by atoms with Gasteiger partial charge in [0.2, 0.25) is 10.0 Å². The van der Waals surface area contributed by atoms with Gasteiger partial charge in [0.25, 0.3) is 0 Å². The Balaban J connectivity index is 2.14. The summed E-state index contributed by atoms with van der Waals surface area (Å²) < 4.78 is 36.8. The number of ether oxygens (including phenoxy) is 2. The average molecular weight is 313 g/mol. The number of rotatable bonds is 4. The van der Waals surface area contributed by atoms with Crippen molar-refractivity contribution in [1.82, 2.24) is 4.31 Å².